The lowest BCUT2D eigenvalue weighted by molar-refractivity contribution is -0.301. The van der Waals surface area contributed by atoms with Crippen LogP contribution in [-0.2, 0) is 9.53 Å². The molecule has 1 aliphatic heterocycles. The van der Waals surface area contributed by atoms with Crippen molar-refractivity contribution in [2.75, 3.05) is 25.1 Å². The number of carbonyl (C=O) groups is 1. The van der Waals surface area contributed by atoms with Crippen LogP contribution in [-0.4, -0.2) is 53.9 Å². The van der Waals surface area contributed by atoms with E-state index in [1.807, 2.05) is 0 Å². The van der Waals surface area contributed by atoms with Gasteiger partial charge in [-0.05, 0) is 12.8 Å². The number of anilines is 1. The lowest BCUT2D eigenvalue weighted by atomic mass is 9.74. The third-order valence-electron chi connectivity index (χ3n) is 5.15. The molecular weight excluding hydrogens is 337 g/mol. The van der Waals surface area contributed by atoms with Gasteiger partial charge in [0.1, 0.15) is 5.82 Å². The fourth-order valence-corrected chi connectivity index (χ4v) is 3.50. The van der Waals surface area contributed by atoms with Gasteiger partial charge < -0.3 is 15.0 Å². The van der Waals surface area contributed by atoms with Crippen molar-refractivity contribution in [2.45, 2.75) is 43.5 Å². The van der Waals surface area contributed by atoms with E-state index in [0.717, 1.165) is 12.9 Å². The van der Waals surface area contributed by atoms with Gasteiger partial charge in [-0.25, -0.2) is 4.98 Å². The number of nitrogens with zero attached hydrogens (tertiary/aromatic N) is 3. The van der Waals surface area contributed by atoms with Gasteiger partial charge in [-0.1, -0.05) is 0 Å². The first kappa shape index (κ1) is 17.9. The molecular formula is C16H21F3N4O2. The first-order valence-electron chi connectivity index (χ1n) is 8.28. The molecule has 2 fully saturated rings. The summed E-state index contributed by atoms with van der Waals surface area (Å²) in [5.74, 6) is 0.419. The number of hydrogen-bond donors (Lipinski definition) is 1. The van der Waals surface area contributed by atoms with Crippen LogP contribution in [0.2, 0.25) is 0 Å². The van der Waals surface area contributed by atoms with Crippen LogP contribution in [0.4, 0.5) is 19.0 Å². The Morgan fingerprint density at radius 2 is 2.00 bits per heavy atom. The molecule has 0 spiro atoms. The zero-order chi connectivity index (χ0) is 18.1. The minimum Gasteiger partial charge on any atom is -0.369 e. The Bertz CT molecular complexity index is 597. The largest absolute Gasteiger partial charge is 0.417 e. The van der Waals surface area contributed by atoms with Crippen molar-refractivity contribution >= 4 is 11.7 Å². The van der Waals surface area contributed by atoms with E-state index in [9.17, 15) is 18.0 Å². The quantitative estimate of drug-likeness (QED) is 0.891. The topological polar surface area (TPSA) is 67.3 Å². The van der Waals surface area contributed by atoms with Gasteiger partial charge in [0.2, 0.25) is 5.91 Å². The summed E-state index contributed by atoms with van der Waals surface area (Å²) in [4.78, 5) is 22.6. The van der Waals surface area contributed by atoms with Crippen LogP contribution in [0.15, 0.2) is 18.6 Å². The predicted octanol–water partition coefficient (Wildman–Crippen LogP) is 1.92. The number of methoxy groups -OCH3 is 1. The molecule has 0 radical (unpaired) electrons. The van der Waals surface area contributed by atoms with E-state index in [0.29, 0.717) is 25.9 Å². The Morgan fingerprint density at radius 3 is 2.52 bits per heavy atom. The molecule has 1 saturated heterocycles. The average Bonchev–Trinajstić information content (AvgIpc) is 2.57. The lowest BCUT2D eigenvalue weighted by Gasteiger charge is -2.47. The van der Waals surface area contributed by atoms with Crippen LogP contribution in [0.1, 0.15) is 25.7 Å². The zero-order valence-electron chi connectivity index (χ0n) is 13.9. The number of aromatic nitrogens is 2. The van der Waals surface area contributed by atoms with Crippen molar-refractivity contribution in [1.29, 1.82) is 0 Å². The number of alkyl halides is 3. The fourth-order valence-electron chi connectivity index (χ4n) is 3.50. The minimum atomic E-state index is -4.41. The summed E-state index contributed by atoms with van der Waals surface area (Å²) in [6, 6.07) is -0.480. The molecule has 3 rings (SSSR count). The molecule has 1 N–H and O–H groups in total. The molecule has 1 aromatic rings. The van der Waals surface area contributed by atoms with Crippen LogP contribution in [0.3, 0.4) is 0 Å². The molecule has 138 valence electrons. The van der Waals surface area contributed by atoms with Crippen molar-refractivity contribution < 1.29 is 22.7 Å². The number of rotatable bonds is 4. The summed E-state index contributed by atoms with van der Waals surface area (Å²) in [5, 5.41) is 2.74. The molecule has 0 aromatic carbocycles. The molecule has 6 nitrogen and oxygen atoms in total. The van der Waals surface area contributed by atoms with Crippen LogP contribution >= 0.6 is 0 Å². The van der Waals surface area contributed by atoms with Gasteiger partial charge in [-0.2, -0.15) is 13.2 Å². The molecule has 1 saturated carbocycles. The monoisotopic (exact) mass is 358 g/mol. The summed E-state index contributed by atoms with van der Waals surface area (Å²) in [7, 11) is 1.06. The third kappa shape index (κ3) is 3.56. The second kappa shape index (κ2) is 6.78. The predicted molar refractivity (Wildman–Crippen MR) is 83.9 cm³/mol. The van der Waals surface area contributed by atoms with Crippen LogP contribution in [0.25, 0.3) is 0 Å². The number of halogens is 3. The highest BCUT2D eigenvalue weighted by Crippen LogP contribution is 2.47. The van der Waals surface area contributed by atoms with Gasteiger partial charge >= 0.3 is 6.18 Å². The van der Waals surface area contributed by atoms with Crippen molar-refractivity contribution in [1.82, 2.24) is 15.3 Å². The normalized spacial score (nSPS) is 27.7. The van der Waals surface area contributed by atoms with E-state index >= 15 is 0 Å². The Hall–Kier alpha value is -1.90. The number of nitrogens with one attached hydrogen (secondary N) is 1. The summed E-state index contributed by atoms with van der Waals surface area (Å²) < 4.78 is 43.6. The second-order valence-corrected chi connectivity index (χ2v) is 6.63. The maximum absolute atomic E-state index is 13.0. The summed E-state index contributed by atoms with van der Waals surface area (Å²) in [6.45, 7) is 1.35. The molecule has 0 bridgehead atoms. The molecule has 1 aliphatic carbocycles. The lowest BCUT2D eigenvalue weighted by Crippen LogP contribution is -2.63. The van der Waals surface area contributed by atoms with Crippen molar-refractivity contribution in [3.63, 3.8) is 0 Å². The smallest absolute Gasteiger partial charge is 0.369 e. The number of hydrogen-bond acceptors (Lipinski definition) is 5. The first-order chi connectivity index (χ1) is 11.8. The van der Waals surface area contributed by atoms with Gasteiger partial charge in [0, 0.05) is 57.4 Å². The maximum Gasteiger partial charge on any atom is 0.417 e. The molecule has 25 heavy (non-hydrogen) atoms. The summed E-state index contributed by atoms with van der Waals surface area (Å²) in [6.07, 6.45) is 1.32. The van der Waals surface area contributed by atoms with E-state index in [-0.39, 0.29) is 24.7 Å². The van der Waals surface area contributed by atoms with Crippen LogP contribution < -0.4 is 10.2 Å². The average molecular weight is 358 g/mol. The summed E-state index contributed by atoms with van der Waals surface area (Å²) >= 11 is 0. The summed E-state index contributed by atoms with van der Waals surface area (Å²) in [5.41, 5.74) is -2.11. The van der Waals surface area contributed by atoms with Gasteiger partial charge in [-0.15, -0.1) is 0 Å². The first-order valence-corrected chi connectivity index (χ1v) is 8.28. The molecule has 1 amide bonds. The molecule has 2 heterocycles. The van der Waals surface area contributed by atoms with E-state index in [1.165, 1.54) is 0 Å². The van der Waals surface area contributed by atoms with Gasteiger partial charge in [-0.3, -0.25) is 9.78 Å². The number of carbonyl (C=O) groups excluding carboxylic acids is 1. The van der Waals surface area contributed by atoms with Crippen LogP contribution in [0, 0.1) is 5.92 Å². The standard InChI is InChI=1S/C16H21F3N4O2/c1-25-15(16(17,18)19)8-12(9-15)22-14(24)11-2-6-23(7-3-11)13-10-20-4-5-21-13/h4-5,10-12H,2-3,6-9H2,1H3,(H,22,24). The van der Waals surface area contributed by atoms with Gasteiger partial charge in [0.25, 0.3) is 0 Å². The Kier molecular flexibility index (Phi) is 4.86. The third-order valence-corrected chi connectivity index (χ3v) is 5.15. The van der Waals surface area contributed by atoms with E-state index < -0.39 is 17.8 Å². The fraction of sp³-hybridized carbons (Fsp3) is 0.688. The molecule has 1 aromatic heterocycles. The van der Waals surface area contributed by atoms with Gasteiger partial charge in [0.05, 0.1) is 6.20 Å². The SMILES string of the molecule is COC1(C(F)(F)F)CC(NC(=O)C2CCN(c3cnccn3)CC2)C1. The van der Waals surface area contributed by atoms with Gasteiger partial charge in [0.15, 0.2) is 5.60 Å². The number of amides is 1. The Labute approximate surface area is 143 Å². The number of ether oxygens (including phenoxy) is 1. The van der Waals surface area contributed by atoms with E-state index in [2.05, 4.69) is 24.9 Å². The van der Waals surface area contributed by atoms with Crippen molar-refractivity contribution in [2.24, 2.45) is 5.92 Å². The van der Waals surface area contributed by atoms with Crippen LogP contribution in [0.5, 0.6) is 0 Å². The molecule has 2 aliphatic rings. The number of piperidine rings is 1. The molecule has 0 atom stereocenters. The van der Waals surface area contributed by atoms with Crippen molar-refractivity contribution in [3.8, 4) is 0 Å². The van der Waals surface area contributed by atoms with E-state index in [1.54, 1.807) is 18.6 Å². The Morgan fingerprint density at radius 1 is 1.32 bits per heavy atom. The minimum absolute atomic E-state index is 0.171. The second-order valence-electron chi connectivity index (χ2n) is 6.63. The highest BCUT2D eigenvalue weighted by Gasteiger charge is 2.63. The Balaban J connectivity index is 1.47. The maximum atomic E-state index is 13.0. The molecule has 9 heteroatoms. The highest BCUT2D eigenvalue weighted by atomic mass is 19.4. The zero-order valence-corrected chi connectivity index (χ0v) is 13.9. The van der Waals surface area contributed by atoms with E-state index in [4.69, 9.17) is 0 Å². The van der Waals surface area contributed by atoms with Crippen molar-refractivity contribution in [3.05, 3.63) is 18.6 Å². The molecule has 0 unspecified atom stereocenters. The highest BCUT2D eigenvalue weighted by molar-refractivity contribution is 5.79.